The van der Waals surface area contributed by atoms with E-state index in [2.05, 4.69) is 36.1 Å². The first-order valence-corrected chi connectivity index (χ1v) is 7.24. The van der Waals surface area contributed by atoms with Crippen LogP contribution in [0.15, 0.2) is 0 Å². The molecule has 2 fully saturated rings. The number of carbonyl (C=O) groups is 1. The van der Waals surface area contributed by atoms with Gasteiger partial charge in [-0.3, -0.25) is 9.69 Å². The Balaban J connectivity index is 1.88. The second-order valence-electron chi connectivity index (χ2n) is 6.24. The summed E-state index contributed by atoms with van der Waals surface area (Å²) < 4.78 is 4.91. The van der Waals surface area contributed by atoms with Gasteiger partial charge in [0.25, 0.3) is 0 Å². The number of likely N-dealkylation sites (N-methyl/N-ethyl adjacent to an activating group) is 1. The minimum Gasteiger partial charge on any atom is -0.468 e. The Morgan fingerprint density at radius 2 is 2.11 bits per heavy atom. The topological polar surface area (TPSA) is 44.8 Å². The number of nitrogens with zero attached hydrogens (tertiary/aromatic N) is 2. The van der Waals surface area contributed by atoms with Crippen molar-refractivity contribution in [3.05, 3.63) is 0 Å². The first-order valence-electron chi connectivity index (χ1n) is 7.24. The number of hydrogen-bond acceptors (Lipinski definition) is 5. The van der Waals surface area contributed by atoms with Crippen LogP contribution in [0.25, 0.3) is 0 Å². The van der Waals surface area contributed by atoms with E-state index in [4.69, 9.17) is 4.74 Å². The van der Waals surface area contributed by atoms with Crippen LogP contribution in [0.4, 0.5) is 0 Å². The highest BCUT2D eigenvalue weighted by atomic mass is 16.5. The molecule has 110 valence electrons. The van der Waals surface area contributed by atoms with Crippen molar-refractivity contribution >= 4 is 5.97 Å². The van der Waals surface area contributed by atoms with Crippen LogP contribution in [0.3, 0.4) is 0 Å². The molecule has 19 heavy (non-hydrogen) atoms. The number of esters is 1. The SMILES string of the molecule is COC(=O)C(CN1CC(C)C(N(C)C)C1)NC1CC1. The van der Waals surface area contributed by atoms with Crippen molar-refractivity contribution in [2.24, 2.45) is 5.92 Å². The van der Waals surface area contributed by atoms with Gasteiger partial charge in [-0.05, 0) is 32.9 Å². The zero-order valence-corrected chi connectivity index (χ0v) is 12.6. The van der Waals surface area contributed by atoms with Gasteiger partial charge in [0.1, 0.15) is 6.04 Å². The molecule has 2 rings (SSSR count). The molecule has 1 aliphatic carbocycles. The van der Waals surface area contributed by atoms with Gasteiger partial charge in [-0.15, -0.1) is 0 Å². The average molecular weight is 269 g/mol. The Morgan fingerprint density at radius 1 is 1.42 bits per heavy atom. The van der Waals surface area contributed by atoms with E-state index in [9.17, 15) is 4.79 Å². The third kappa shape index (κ3) is 3.91. The standard InChI is InChI=1S/C14H27N3O2/c1-10-7-17(9-13(10)16(2)3)8-12(14(18)19-4)15-11-5-6-11/h10-13,15H,5-9H2,1-4H3. The number of nitrogens with one attached hydrogen (secondary N) is 1. The third-order valence-corrected chi connectivity index (χ3v) is 4.25. The van der Waals surface area contributed by atoms with Crippen LogP contribution in [-0.2, 0) is 9.53 Å². The predicted octanol–water partition coefficient (Wildman–Crippen LogP) is 0.162. The first kappa shape index (κ1) is 14.8. The zero-order chi connectivity index (χ0) is 14.0. The van der Waals surface area contributed by atoms with Gasteiger partial charge in [0, 0.05) is 31.7 Å². The second kappa shape index (κ2) is 6.20. The van der Waals surface area contributed by atoms with Gasteiger partial charge >= 0.3 is 5.97 Å². The molecule has 5 nitrogen and oxygen atoms in total. The molecule has 1 N–H and O–H groups in total. The molecule has 0 aromatic carbocycles. The Kier molecular flexibility index (Phi) is 4.81. The number of ether oxygens (including phenoxy) is 1. The molecule has 2 aliphatic rings. The summed E-state index contributed by atoms with van der Waals surface area (Å²) in [5, 5.41) is 3.40. The average Bonchev–Trinajstić information content (AvgIpc) is 3.09. The first-order chi connectivity index (χ1) is 9.01. The van der Waals surface area contributed by atoms with Crippen LogP contribution in [0.2, 0.25) is 0 Å². The molecule has 0 aromatic heterocycles. The summed E-state index contributed by atoms with van der Waals surface area (Å²) in [5.74, 6) is 0.516. The van der Waals surface area contributed by atoms with E-state index in [-0.39, 0.29) is 12.0 Å². The molecule has 1 heterocycles. The highest BCUT2D eigenvalue weighted by Gasteiger charge is 2.35. The van der Waals surface area contributed by atoms with Gasteiger partial charge in [-0.2, -0.15) is 0 Å². The molecule has 0 spiro atoms. The Hall–Kier alpha value is -0.650. The van der Waals surface area contributed by atoms with E-state index in [0.29, 0.717) is 18.0 Å². The normalized spacial score (nSPS) is 29.7. The maximum absolute atomic E-state index is 11.8. The molecular formula is C14H27N3O2. The summed E-state index contributed by atoms with van der Waals surface area (Å²) in [7, 11) is 5.73. The second-order valence-corrected chi connectivity index (χ2v) is 6.24. The van der Waals surface area contributed by atoms with Crippen LogP contribution < -0.4 is 5.32 Å². The van der Waals surface area contributed by atoms with Gasteiger partial charge < -0.3 is 15.0 Å². The molecule has 1 saturated carbocycles. The highest BCUT2D eigenvalue weighted by Crippen LogP contribution is 2.22. The predicted molar refractivity (Wildman–Crippen MR) is 75.0 cm³/mol. The molecule has 5 heteroatoms. The number of hydrogen-bond donors (Lipinski definition) is 1. The van der Waals surface area contributed by atoms with E-state index in [1.807, 2.05) is 0 Å². The fraction of sp³-hybridized carbons (Fsp3) is 0.929. The van der Waals surface area contributed by atoms with Crippen LogP contribution in [0.5, 0.6) is 0 Å². The van der Waals surface area contributed by atoms with Crippen LogP contribution in [0.1, 0.15) is 19.8 Å². The lowest BCUT2D eigenvalue weighted by Crippen LogP contribution is -2.47. The summed E-state index contributed by atoms with van der Waals surface area (Å²) in [6, 6.07) is 0.929. The maximum atomic E-state index is 11.8. The largest absolute Gasteiger partial charge is 0.468 e. The summed E-state index contributed by atoms with van der Waals surface area (Å²) in [4.78, 5) is 16.5. The lowest BCUT2D eigenvalue weighted by Gasteiger charge is -2.24. The summed E-state index contributed by atoms with van der Waals surface area (Å²) in [6.45, 7) is 5.14. The van der Waals surface area contributed by atoms with Crippen molar-refractivity contribution in [2.75, 3.05) is 40.8 Å². The van der Waals surface area contributed by atoms with E-state index in [0.717, 1.165) is 19.6 Å². The number of likely N-dealkylation sites (tertiary alicyclic amines) is 1. The molecule has 0 radical (unpaired) electrons. The van der Waals surface area contributed by atoms with Crippen LogP contribution in [0, 0.1) is 5.92 Å². The quantitative estimate of drug-likeness (QED) is 0.696. The smallest absolute Gasteiger partial charge is 0.324 e. The lowest BCUT2D eigenvalue weighted by atomic mass is 10.1. The number of carbonyl (C=O) groups excluding carboxylic acids is 1. The summed E-state index contributed by atoms with van der Waals surface area (Å²) in [5.41, 5.74) is 0. The lowest BCUT2D eigenvalue weighted by molar-refractivity contribution is -0.143. The minimum atomic E-state index is -0.175. The summed E-state index contributed by atoms with van der Waals surface area (Å²) in [6.07, 6.45) is 2.37. The van der Waals surface area contributed by atoms with Crippen molar-refractivity contribution in [1.82, 2.24) is 15.1 Å². The zero-order valence-electron chi connectivity index (χ0n) is 12.6. The fourth-order valence-electron chi connectivity index (χ4n) is 3.00. The van der Waals surface area contributed by atoms with Gasteiger partial charge in [0.15, 0.2) is 0 Å². The van der Waals surface area contributed by atoms with Crippen LogP contribution in [-0.4, -0.2) is 74.7 Å². The van der Waals surface area contributed by atoms with Crippen molar-refractivity contribution in [2.45, 2.75) is 37.9 Å². The molecule has 0 amide bonds. The molecule has 3 atom stereocenters. The van der Waals surface area contributed by atoms with Crippen molar-refractivity contribution < 1.29 is 9.53 Å². The van der Waals surface area contributed by atoms with Crippen molar-refractivity contribution in [3.8, 4) is 0 Å². The minimum absolute atomic E-state index is 0.132. The summed E-state index contributed by atoms with van der Waals surface area (Å²) >= 11 is 0. The van der Waals surface area contributed by atoms with E-state index in [1.54, 1.807) is 0 Å². The molecule has 1 aliphatic heterocycles. The molecular weight excluding hydrogens is 242 g/mol. The Bertz CT molecular complexity index is 318. The number of methoxy groups -OCH3 is 1. The Labute approximate surface area is 116 Å². The van der Waals surface area contributed by atoms with Gasteiger partial charge in [-0.25, -0.2) is 0 Å². The van der Waals surface area contributed by atoms with Crippen molar-refractivity contribution in [3.63, 3.8) is 0 Å². The maximum Gasteiger partial charge on any atom is 0.324 e. The fourth-order valence-corrected chi connectivity index (χ4v) is 3.00. The molecule has 0 bridgehead atoms. The van der Waals surface area contributed by atoms with Crippen LogP contribution >= 0.6 is 0 Å². The number of rotatable bonds is 6. The van der Waals surface area contributed by atoms with Crippen molar-refractivity contribution in [1.29, 1.82) is 0 Å². The van der Waals surface area contributed by atoms with Gasteiger partial charge in [-0.1, -0.05) is 6.92 Å². The van der Waals surface area contributed by atoms with Gasteiger partial charge in [0.05, 0.1) is 7.11 Å². The molecule has 0 aromatic rings. The van der Waals surface area contributed by atoms with E-state index >= 15 is 0 Å². The van der Waals surface area contributed by atoms with Gasteiger partial charge in [0.2, 0.25) is 0 Å². The molecule has 1 saturated heterocycles. The highest BCUT2D eigenvalue weighted by molar-refractivity contribution is 5.76. The third-order valence-electron chi connectivity index (χ3n) is 4.25. The van der Waals surface area contributed by atoms with E-state index in [1.165, 1.54) is 20.0 Å². The molecule has 3 unspecified atom stereocenters. The Morgan fingerprint density at radius 3 is 2.58 bits per heavy atom. The monoisotopic (exact) mass is 269 g/mol. The van der Waals surface area contributed by atoms with E-state index < -0.39 is 0 Å².